The fraction of sp³-hybridized carbons (Fsp3) is 0.176. The highest BCUT2D eigenvalue weighted by Crippen LogP contribution is 2.32. The summed E-state index contributed by atoms with van der Waals surface area (Å²) < 4.78 is 10.6. The summed E-state index contributed by atoms with van der Waals surface area (Å²) in [5, 5.41) is 11.7. The Hall–Kier alpha value is -3.00. The molecule has 3 rings (SSSR count). The van der Waals surface area contributed by atoms with Crippen molar-refractivity contribution in [3.05, 3.63) is 59.2 Å². The van der Waals surface area contributed by atoms with E-state index in [4.69, 9.17) is 14.7 Å². The normalized spacial score (nSPS) is 11.8. The molecule has 0 spiro atoms. The number of rotatable bonds is 4. The summed E-state index contributed by atoms with van der Waals surface area (Å²) in [7, 11) is 0. The van der Waals surface area contributed by atoms with Crippen LogP contribution < -0.4 is 14.8 Å². The lowest BCUT2D eigenvalue weighted by Gasteiger charge is -2.09. The number of hydrogen-bond donors (Lipinski definition) is 1. The lowest BCUT2D eigenvalue weighted by atomic mass is 10.0. The van der Waals surface area contributed by atoms with Crippen LogP contribution in [0.25, 0.3) is 0 Å². The average molecular weight is 294 g/mol. The van der Waals surface area contributed by atoms with Gasteiger partial charge in [0.15, 0.2) is 11.5 Å². The Labute approximate surface area is 128 Å². The van der Waals surface area contributed by atoms with Gasteiger partial charge in [0.2, 0.25) is 6.79 Å². The van der Waals surface area contributed by atoms with E-state index in [9.17, 15) is 4.79 Å². The average Bonchev–Trinajstić information content (AvgIpc) is 3.01. The lowest BCUT2D eigenvalue weighted by molar-refractivity contribution is 0.0950. The number of ether oxygens (including phenoxy) is 2. The summed E-state index contributed by atoms with van der Waals surface area (Å²) in [5.74, 6) is 1.22. The minimum absolute atomic E-state index is 0.191. The molecular formula is C17H14N2O3. The summed E-state index contributed by atoms with van der Waals surface area (Å²) in [5.41, 5.74) is 2.19. The van der Waals surface area contributed by atoms with Crippen LogP contribution in [0.1, 0.15) is 21.5 Å². The fourth-order valence-corrected chi connectivity index (χ4v) is 2.31. The summed E-state index contributed by atoms with van der Waals surface area (Å²) in [4.78, 5) is 12.3. The lowest BCUT2D eigenvalue weighted by Crippen LogP contribution is -2.23. The molecule has 2 aromatic carbocycles. The molecule has 0 unspecified atom stereocenters. The first-order valence-corrected chi connectivity index (χ1v) is 6.89. The molecule has 22 heavy (non-hydrogen) atoms. The van der Waals surface area contributed by atoms with Crippen LogP contribution in [0.3, 0.4) is 0 Å². The molecule has 0 saturated heterocycles. The number of nitriles is 1. The van der Waals surface area contributed by atoms with Crippen LogP contribution in [0.4, 0.5) is 0 Å². The smallest absolute Gasteiger partial charge is 0.251 e. The molecule has 0 radical (unpaired) electrons. The number of carbonyl (C=O) groups excluding carboxylic acids is 1. The molecule has 0 aromatic heterocycles. The Morgan fingerprint density at radius 1 is 1.18 bits per heavy atom. The first kappa shape index (κ1) is 14.0. The molecule has 0 fully saturated rings. The zero-order valence-electron chi connectivity index (χ0n) is 11.8. The highest BCUT2D eigenvalue weighted by Gasteiger charge is 2.14. The predicted molar refractivity (Wildman–Crippen MR) is 79.5 cm³/mol. The maximum atomic E-state index is 12.3. The van der Waals surface area contributed by atoms with Crippen molar-refractivity contribution in [3.63, 3.8) is 0 Å². The molecule has 1 heterocycles. The predicted octanol–water partition coefficient (Wildman–Crippen LogP) is 2.41. The van der Waals surface area contributed by atoms with Gasteiger partial charge < -0.3 is 14.8 Å². The molecule has 5 nitrogen and oxygen atoms in total. The number of carbonyl (C=O) groups is 1. The molecule has 1 aliphatic heterocycles. The maximum Gasteiger partial charge on any atom is 0.251 e. The molecule has 0 atom stereocenters. The van der Waals surface area contributed by atoms with Crippen molar-refractivity contribution in [3.8, 4) is 17.6 Å². The standard InChI is InChI=1S/C17H14N2O3/c18-8-7-13-3-1-2-4-14(13)17(20)19-10-12-5-6-15-16(9-12)22-11-21-15/h1-6,9H,7,10-11H2,(H,19,20). The van der Waals surface area contributed by atoms with E-state index in [1.807, 2.05) is 24.3 Å². The van der Waals surface area contributed by atoms with Crippen LogP contribution in [-0.2, 0) is 13.0 Å². The van der Waals surface area contributed by atoms with Crippen molar-refractivity contribution in [1.82, 2.24) is 5.32 Å². The van der Waals surface area contributed by atoms with Crippen molar-refractivity contribution in [2.75, 3.05) is 6.79 Å². The van der Waals surface area contributed by atoms with E-state index < -0.39 is 0 Å². The van der Waals surface area contributed by atoms with E-state index in [-0.39, 0.29) is 19.1 Å². The minimum Gasteiger partial charge on any atom is -0.454 e. The largest absolute Gasteiger partial charge is 0.454 e. The molecule has 5 heteroatoms. The van der Waals surface area contributed by atoms with E-state index in [0.29, 0.717) is 17.9 Å². The zero-order chi connectivity index (χ0) is 15.4. The Balaban J connectivity index is 1.69. The van der Waals surface area contributed by atoms with Gasteiger partial charge in [-0.2, -0.15) is 5.26 Å². The van der Waals surface area contributed by atoms with Gasteiger partial charge in [-0.05, 0) is 29.3 Å². The molecule has 0 aliphatic carbocycles. The van der Waals surface area contributed by atoms with E-state index in [1.54, 1.807) is 18.2 Å². The van der Waals surface area contributed by atoms with Gasteiger partial charge in [-0.25, -0.2) is 0 Å². The second kappa shape index (κ2) is 6.19. The van der Waals surface area contributed by atoms with Crippen LogP contribution in [0, 0.1) is 11.3 Å². The van der Waals surface area contributed by atoms with Crippen molar-refractivity contribution >= 4 is 5.91 Å². The molecule has 1 amide bonds. The molecule has 0 saturated carbocycles. The van der Waals surface area contributed by atoms with Crippen LogP contribution in [-0.4, -0.2) is 12.7 Å². The summed E-state index contributed by atoms with van der Waals surface area (Å²) in [6.07, 6.45) is 0.216. The summed E-state index contributed by atoms with van der Waals surface area (Å²) >= 11 is 0. The molecule has 0 bridgehead atoms. The Morgan fingerprint density at radius 2 is 2.00 bits per heavy atom. The maximum absolute atomic E-state index is 12.3. The number of nitrogens with zero attached hydrogens (tertiary/aromatic N) is 1. The highest BCUT2D eigenvalue weighted by atomic mass is 16.7. The summed E-state index contributed by atoms with van der Waals surface area (Å²) in [6.45, 7) is 0.614. The number of benzene rings is 2. The van der Waals surface area contributed by atoms with E-state index in [0.717, 1.165) is 16.9 Å². The Bertz CT molecular complexity index is 750. The third-order valence-corrected chi connectivity index (χ3v) is 3.42. The van der Waals surface area contributed by atoms with Gasteiger partial charge in [-0.3, -0.25) is 4.79 Å². The van der Waals surface area contributed by atoms with Gasteiger partial charge in [0.25, 0.3) is 5.91 Å². The topological polar surface area (TPSA) is 71.4 Å². The van der Waals surface area contributed by atoms with Crippen LogP contribution in [0.15, 0.2) is 42.5 Å². The highest BCUT2D eigenvalue weighted by molar-refractivity contribution is 5.95. The monoisotopic (exact) mass is 294 g/mol. The van der Waals surface area contributed by atoms with Crippen molar-refractivity contribution in [1.29, 1.82) is 5.26 Å². The summed E-state index contributed by atoms with van der Waals surface area (Å²) in [6, 6.07) is 14.8. The minimum atomic E-state index is -0.191. The number of nitrogens with one attached hydrogen (secondary N) is 1. The SMILES string of the molecule is N#CCc1ccccc1C(=O)NCc1ccc2c(c1)OCO2. The first-order valence-electron chi connectivity index (χ1n) is 6.89. The molecule has 110 valence electrons. The zero-order valence-corrected chi connectivity index (χ0v) is 11.8. The quantitative estimate of drug-likeness (QED) is 0.940. The van der Waals surface area contributed by atoms with Crippen LogP contribution in [0.2, 0.25) is 0 Å². The van der Waals surface area contributed by atoms with Crippen LogP contribution >= 0.6 is 0 Å². The number of hydrogen-bond acceptors (Lipinski definition) is 4. The second-order valence-corrected chi connectivity index (χ2v) is 4.86. The number of fused-ring (bicyclic) bond motifs is 1. The van der Waals surface area contributed by atoms with Gasteiger partial charge in [0.1, 0.15) is 0 Å². The second-order valence-electron chi connectivity index (χ2n) is 4.86. The third-order valence-electron chi connectivity index (χ3n) is 3.42. The van der Waals surface area contributed by atoms with Gasteiger partial charge >= 0.3 is 0 Å². The Morgan fingerprint density at radius 3 is 2.86 bits per heavy atom. The van der Waals surface area contributed by atoms with Gasteiger partial charge in [0, 0.05) is 12.1 Å². The van der Waals surface area contributed by atoms with Gasteiger partial charge in [-0.15, -0.1) is 0 Å². The van der Waals surface area contributed by atoms with Crippen molar-refractivity contribution in [2.45, 2.75) is 13.0 Å². The van der Waals surface area contributed by atoms with E-state index >= 15 is 0 Å². The fourth-order valence-electron chi connectivity index (χ4n) is 2.31. The molecule has 1 N–H and O–H groups in total. The first-order chi connectivity index (χ1) is 10.8. The Kier molecular flexibility index (Phi) is 3.92. The number of amides is 1. The van der Waals surface area contributed by atoms with Crippen molar-refractivity contribution < 1.29 is 14.3 Å². The van der Waals surface area contributed by atoms with Gasteiger partial charge in [0.05, 0.1) is 12.5 Å². The van der Waals surface area contributed by atoms with Gasteiger partial charge in [-0.1, -0.05) is 24.3 Å². The van der Waals surface area contributed by atoms with Crippen LogP contribution in [0.5, 0.6) is 11.5 Å². The van der Waals surface area contributed by atoms with E-state index in [2.05, 4.69) is 11.4 Å². The third kappa shape index (κ3) is 2.86. The molecule has 2 aromatic rings. The van der Waals surface area contributed by atoms with Crippen molar-refractivity contribution in [2.24, 2.45) is 0 Å². The molecular weight excluding hydrogens is 280 g/mol. The molecule has 1 aliphatic rings. The van der Waals surface area contributed by atoms with E-state index in [1.165, 1.54) is 0 Å².